The Morgan fingerprint density at radius 3 is 2.30 bits per heavy atom. The standard InChI is InChI=1S/C25H27NO4/c1-15(2)14-30-20-9-5-16(6-10-20)18-11-22-25(23(28)12-18)21(13-24(29)26-22)17-3-7-19(27)8-4-17/h3-10,15,18,21,27H,11-14H2,1-2H3,(H,26,29). The van der Waals surface area contributed by atoms with E-state index in [2.05, 4.69) is 19.2 Å². The number of nitrogens with one attached hydrogen (secondary N) is 1. The van der Waals surface area contributed by atoms with E-state index in [1.54, 1.807) is 24.3 Å². The Bertz CT molecular complexity index is 973. The fourth-order valence-corrected chi connectivity index (χ4v) is 4.29. The maximum absolute atomic E-state index is 13.1. The molecule has 2 N–H and O–H groups in total. The van der Waals surface area contributed by atoms with Crippen molar-refractivity contribution in [2.75, 3.05) is 6.61 Å². The number of Topliss-reactive ketones (excluding diaryl/α,β-unsaturated/α-hetero) is 1. The second kappa shape index (κ2) is 8.34. The highest BCUT2D eigenvalue weighted by molar-refractivity contribution is 6.02. The molecule has 4 rings (SSSR count). The van der Waals surface area contributed by atoms with Gasteiger partial charge in [0.05, 0.1) is 6.61 Å². The maximum atomic E-state index is 13.1. The number of ether oxygens (including phenoxy) is 1. The molecule has 0 radical (unpaired) electrons. The van der Waals surface area contributed by atoms with Crippen LogP contribution in [0.3, 0.4) is 0 Å². The van der Waals surface area contributed by atoms with Crippen LogP contribution in [0.1, 0.15) is 56.1 Å². The van der Waals surface area contributed by atoms with E-state index in [1.165, 1.54) is 0 Å². The summed E-state index contributed by atoms with van der Waals surface area (Å²) in [4.78, 5) is 25.5. The molecule has 0 aromatic heterocycles. The van der Waals surface area contributed by atoms with Gasteiger partial charge < -0.3 is 15.2 Å². The molecule has 2 aromatic rings. The number of phenols is 1. The molecule has 1 amide bonds. The number of hydrogen-bond acceptors (Lipinski definition) is 4. The van der Waals surface area contributed by atoms with Crippen LogP contribution in [0, 0.1) is 5.92 Å². The van der Waals surface area contributed by atoms with Gasteiger partial charge in [0.1, 0.15) is 11.5 Å². The van der Waals surface area contributed by atoms with E-state index in [0.717, 1.165) is 22.6 Å². The van der Waals surface area contributed by atoms with Gasteiger partial charge in [0.15, 0.2) is 5.78 Å². The molecule has 0 bridgehead atoms. The van der Waals surface area contributed by atoms with Gasteiger partial charge >= 0.3 is 0 Å². The number of amides is 1. The van der Waals surface area contributed by atoms with Gasteiger partial charge in [0, 0.05) is 30.0 Å². The SMILES string of the molecule is CC(C)COc1ccc(C2CC(=O)C3=C(C2)NC(=O)CC3c2ccc(O)cc2)cc1. The lowest BCUT2D eigenvalue weighted by Crippen LogP contribution is -2.38. The van der Waals surface area contributed by atoms with Crippen molar-refractivity contribution in [1.82, 2.24) is 5.32 Å². The molecule has 5 nitrogen and oxygen atoms in total. The smallest absolute Gasteiger partial charge is 0.225 e. The Labute approximate surface area is 176 Å². The number of carbonyl (C=O) groups is 2. The van der Waals surface area contributed by atoms with Gasteiger partial charge in [-0.1, -0.05) is 38.1 Å². The number of ketones is 1. The predicted molar refractivity (Wildman–Crippen MR) is 114 cm³/mol. The molecule has 0 saturated heterocycles. The van der Waals surface area contributed by atoms with Crippen molar-refractivity contribution >= 4 is 11.7 Å². The minimum atomic E-state index is -0.255. The Morgan fingerprint density at radius 1 is 0.967 bits per heavy atom. The summed E-state index contributed by atoms with van der Waals surface area (Å²) in [5, 5.41) is 12.5. The molecular weight excluding hydrogens is 378 g/mol. The minimum Gasteiger partial charge on any atom is -0.508 e. The molecule has 2 aliphatic rings. The van der Waals surface area contributed by atoms with Gasteiger partial charge in [-0.05, 0) is 53.6 Å². The van der Waals surface area contributed by atoms with Crippen molar-refractivity contribution in [3.8, 4) is 11.5 Å². The molecule has 1 aliphatic carbocycles. The highest BCUT2D eigenvalue weighted by Gasteiger charge is 2.38. The number of carbonyl (C=O) groups excluding carboxylic acids is 2. The van der Waals surface area contributed by atoms with Crippen molar-refractivity contribution < 1.29 is 19.4 Å². The Kier molecular flexibility index (Phi) is 5.62. The van der Waals surface area contributed by atoms with Crippen LogP contribution < -0.4 is 10.1 Å². The number of rotatable bonds is 5. The summed E-state index contributed by atoms with van der Waals surface area (Å²) in [6, 6.07) is 14.7. The molecule has 2 atom stereocenters. The summed E-state index contributed by atoms with van der Waals surface area (Å²) in [6.45, 7) is 4.89. The second-order valence-corrected chi connectivity index (χ2v) is 8.59. The summed E-state index contributed by atoms with van der Waals surface area (Å²) in [7, 11) is 0. The zero-order valence-electron chi connectivity index (χ0n) is 17.4. The first kappa shape index (κ1) is 20.2. The summed E-state index contributed by atoms with van der Waals surface area (Å²) in [5.41, 5.74) is 3.42. The van der Waals surface area contributed by atoms with Crippen LogP contribution in [0.4, 0.5) is 0 Å². The van der Waals surface area contributed by atoms with E-state index in [4.69, 9.17) is 4.74 Å². The fourth-order valence-electron chi connectivity index (χ4n) is 4.29. The van der Waals surface area contributed by atoms with Crippen LogP contribution in [0.15, 0.2) is 59.8 Å². The maximum Gasteiger partial charge on any atom is 0.225 e. The highest BCUT2D eigenvalue weighted by Crippen LogP contribution is 2.42. The van der Waals surface area contributed by atoms with Gasteiger partial charge in [-0.3, -0.25) is 9.59 Å². The van der Waals surface area contributed by atoms with Crippen LogP contribution in [-0.4, -0.2) is 23.4 Å². The van der Waals surface area contributed by atoms with Gasteiger partial charge in [-0.2, -0.15) is 0 Å². The molecule has 1 aliphatic heterocycles. The van der Waals surface area contributed by atoms with Crippen molar-refractivity contribution in [1.29, 1.82) is 0 Å². The van der Waals surface area contributed by atoms with E-state index < -0.39 is 0 Å². The molecule has 2 aromatic carbocycles. The van der Waals surface area contributed by atoms with E-state index in [1.807, 2.05) is 24.3 Å². The average molecular weight is 405 g/mol. The quantitative estimate of drug-likeness (QED) is 0.772. The molecule has 30 heavy (non-hydrogen) atoms. The summed E-state index contributed by atoms with van der Waals surface area (Å²) >= 11 is 0. The van der Waals surface area contributed by atoms with Crippen molar-refractivity contribution in [3.63, 3.8) is 0 Å². The number of allylic oxidation sites excluding steroid dienone is 2. The zero-order chi connectivity index (χ0) is 21.3. The lowest BCUT2D eigenvalue weighted by atomic mass is 9.73. The van der Waals surface area contributed by atoms with Crippen LogP contribution in [-0.2, 0) is 9.59 Å². The first-order valence-electron chi connectivity index (χ1n) is 10.5. The summed E-state index contributed by atoms with van der Waals surface area (Å²) < 4.78 is 5.75. The Balaban J connectivity index is 1.57. The van der Waals surface area contributed by atoms with Crippen LogP contribution in [0.2, 0.25) is 0 Å². The minimum absolute atomic E-state index is 0.0364. The molecule has 2 unspecified atom stereocenters. The summed E-state index contributed by atoms with van der Waals surface area (Å²) in [5.74, 6) is 1.25. The van der Waals surface area contributed by atoms with Crippen molar-refractivity contribution in [2.24, 2.45) is 5.92 Å². The summed E-state index contributed by atoms with van der Waals surface area (Å²) in [6.07, 6.45) is 1.31. The fraction of sp³-hybridized carbons (Fsp3) is 0.360. The first-order valence-corrected chi connectivity index (χ1v) is 10.5. The lowest BCUT2D eigenvalue weighted by Gasteiger charge is -2.34. The normalized spacial score (nSPS) is 21.4. The molecule has 0 saturated carbocycles. The number of phenolic OH excluding ortho intramolecular Hbond substituents is 1. The van der Waals surface area contributed by atoms with Crippen molar-refractivity contribution in [2.45, 2.75) is 44.9 Å². The number of hydrogen-bond donors (Lipinski definition) is 2. The van der Waals surface area contributed by atoms with Gasteiger partial charge in [-0.25, -0.2) is 0 Å². The van der Waals surface area contributed by atoms with E-state index in [-0.39, 0.29) is 35.7 Å². The van der Waals surface area contributed by atoms with Crippen LogP contribution >= 0.6 is 0 Å². The molecule has 0 spiro atoms. The van der Waals surface area contributed by atoms with Crippen LogP contribution in [0.25, 0.3) is 0 Å². The Morgan fingerprint density at radius 2 is 1.63 bits per heavy atom. The second-order valence-electron chi connectivity index (χ2n) is 8.59. The van der Waals surface area contributed by atoms with Gasteiger partial charge in [0.25, 0.3) is 0 Å². The van der Waals surface area contributed by atoms with Gasteiger partial charge in [0.2, 0.25) is 5.91 Å². The first-order chi connectivity index (χ1) is 14.4. The van der Waals surface area contributed by atoms with E-state index in [0.29, 0.717) is 30.9 Å². The predicted octanol–water partition coefficient (Wildman–Crippen LogP) is 4.43. The highest BCUT2D eigenvalue weighted by atomic mass is 16.5. The third-order valence-corrected chi connectivity index (χ3v) is 5.77. The van der Waals surface area contributed by atoms with Crippen molar-refractivity contribution in [3.05, 3.63) is 70.9 Å². The third kappa shape index (κ3) is 4.25. The number of aromatic hydroxyl groups is 1. The lowest BCUT2D eigenvalue weighted by molar-refractivity contribution is -0.122. The van der Waals surface area contributed by atoms with Crippen LogP contribution in [0.5, 0.6) is 11.5 Å². The van der Waals surface area contributed by atoms with E-state index in [9.17, 15) is 14.7 Å². The largest absolute Gasteiger partial charge is 0.508 e. The molecule has 5 heteroatoms. The average Bonchev–Trinajstić information content (AvgIpc) is 2.72. The Hall–Kier alpha value is -3.08. The number of benzene rings is 2. The molecular formula is C25H27NO4. The molecule has 156 valence electrons. The van der Waals surface area contributed by atoms with Gasteiger partial charge in [-0.15, -0.1) is 0 Å². The zero-order valence-corrected chi connectivity index (χ0v) is 17.4. The molecule has 1 heterocycles. The topological polar surface area (TPSA) is 75.6 Å². The monoisotopic (exact) mass is 405 g/mol. The van der Waals surface area contributed by atoms with E-state index >= 15 is 0 Å². The molecule has 0 fully saturated rings. The third-order valence-electron chi connectivity index (χ3n) is 5.77.